The van der Waals surface area contributed by atoms with Gasteiger partial charge in [0.25, 0.3) is 0 Å². The molecule has 1 saturated carbocycles. The Morgan fingerprint density at radius 3 is 1.96 bits per heavy atom. The highest BCUT2D eigenvalue weighted by atomic mass is 35.5. The summed E-state index contributed by atoms with van der Waals surface area (Å²) in [5.74, 6) is -0.408. The zero-order valence-corrected chi connectivity index (χ0v) is 16.1. The molecule has 1 aliphatic rings. The maximum atomic E-state index is 11.3. The Labute approximate surface area is 160 Å². The van der Waals surface area contributed by atoms with Gasteiger partial charge in [-0.25, -0.2) is 4.79 Å². The highest BCUT2D eigenvalue weighted by Crippen LogP contribution is 2.45. The third kappa shape index (κ3) is 3.73. The summed E-state index contributed by atoms with van der Waals surface area (Å²) in [4.78, 5) is 11.3. The van der Waals surface area contributed by atoms with E-state index < -0.39 is 11.6 Å². The molecule has 1 fully saturated rings. The van der Waals surface area contributed by atoms with Crippen molar-refractivity contribution >= 4 is 17.6 Å². The maximum absolute atomic E-state index is 11.3. The van der Waals surface area contributed by atoms with Crippen molar-refractivity contribution in [3.05, 3.63) is 64.7 Å². The molecule has 3 nitrogen and oxygen atoms in total. The van der Waals surface area contributed by atoms with Crippen molar-refractivity contribution in [3.63, 3.8) is 0 Å². The minimum Gasteiger partial charge on any atom is -0.478 e. The number of benzene rings is 2. The predicted octanol–water partition coefficient (Wildman–Crippen LogP) is 5.83. The lowest BCUT2D eigenvalue weighted by atomic mass is 9.65. The van der Waals surface area contributed by atoms with E-state index in [4.69, 9.17) is 16.3 Å². The van der Waals surface area contributed by atoms with Crippen LogP contribution < -0.4 is 4.74 Å². The number of carbonyl (C=O) groups is 1. The monoisotopic (exact) mass is 372 g/mol. The van der Waals surface area contributed by atoms with Crippen molar-refractivity contribution in [3.8, 4) is 5.75 Å². The minimum atomic E-state index is -1.25. The number of hydrogen-bond donors (Lipinski definition) is 1. The second-order valence-electron chi connectivity index (χ2n) is 7.59. The summed E-state index contributed by atoms with van der Waals surface area (Å²) in [5, 5.41) is 9.99. The van der Waals surface area contributed by atoms with Gasteiger partial charge in [0.05, 0.1) is 0 Å². The van der Waals surface area contributed by atoms with Crippen molar-refractivity contribution in [2.75, 3.05) is 0 Å². The molecule has 0 radical (unpaired) electrons. The largest absolute Gasteiger partial charge is 0.478 e. The highest BCUT2D eigenvalue weighted by Gasteiger charge is 2.36. The zero-order valence-electron chi connectivity index (χ0n) is 15.3. The Kier molecular flexibility index (Phi) is 5.29. The van der Waals surface area contributed by atoms with Gasteiger partial charge in [-0.3, -0.25) is 0 Å². The van der Waals surface area contributed by atoms with Gasteiger partial charge in [-0.1, -0.05) is 55.1 Å². The molecule has 26 heavy (non-hydrogen) atoms. The molecule has 0 amide bonds. The van der Waals surface area contributed by atoms with Crippen LogP contribution in [0.25, 0.3) is 0 Å². The summed E-state index contributed by atoms with van der Waals surface area (Å²) in [5.41, 5.74) is 1.28. The van der Waals surface area contributed by atoms with Gasteiger partial charge < -0.3 is 9.84 Å². The third-order valence-electron chi connectivity index (χ3n) is 5.40. The van der Waals surface area contributed by atoms with Crippen LogP contribution in [-0.4, -0.2) is 16.7 Å². The molecule has 1 N–H and O–H groups in total. The van der Waals surface area contributed by atoms with E-state index in [-0.39, 0.29) is 5.41 Å². The molecule has 2 aromatic rings. The van der Waals surface area contributed by atoms with Crippen LogP contribution in [0, 0.1) is 0 Å². The van der Waals surface area contributed by atoms with Crippen molar-refractivity contribution in [2.45, 2.75) is 57.0 Å². The summed E-state index contributed by atoms with van der Waals surface area (Å²) >= 11 is 6.09. The van der Waals surface area contributed by atoms with E-state index in [1.807, 2.05) is 24.3 Å². The molecule has 0 aliphatic heterocycles. The molecular weight excluding hydrogens is 348 g/mol. The number of hydrogen-bond acceptors (Lipinski definition) is 2. The van der Waals surface area contributed by atoms with E-state index in [9.17, 15) is 9.90 Å². The molecule has 0 aromatic heterocycles. The number of rotatable bonds is 5. The molecule has 138 valence electrons. The fraction of sp³-hybridized carbons (Fsp3) is 0.409. The van der Waals surface area contributed by atoms with Gasteiger partial charge in [-0.15, -0.1) is 0 Å². The van der Waals surface area contributed by atoms with Gasteiger partial charge in [-0.05, 0) is 62.1 Å². The number of ether oxygens (including phenoxy) is 1. The molecule has 0 heterocycles. The molecule has 1 aliphatic carbocycles. The molecule has 0 spiro atoms. The molecule has 4 heteroatoms. The lowest BCUT2D eigenvalue weighted by Gasteiger charge is -2.39. The van der Waals surface area contributed by atoms with Crippen LogP contribution in [0.1, 0.15) is 57.1 Å². The van der Waals surface area contributed by atoms with Crippen LogP contribution in [0.3, 0.4) is 0 Å². The lowest BCUT2D eigenvalue weighted by Crippen LogP contribution is -2.37. The van der Waals surface area contributed by atoms with Gasteiger partial charge in [0.1, 0.15) is 5.75 Å². The second kappa shape index (κ2) is 7.32. The number of carboxylic acids is 1. The topological polar surface area (TPSA) is 46.5 Å². The minimum absolute atomic E-state index is 0.0102. The van der Waals surface area contributed by atoms with Gasteiger partial charge >= 0.3 is 5.97 Å². The third-order valence-corrected chi connectivity index (χ3v) is 5.65. The second-order valence-corrected chi connectivity index (χ2v) is 8.03. The van der Waals surface area contributed by atoms with Crippen molar-refractivity contribution < 1.29 is 14.6 Å². The summed E-state index contributed by atoms with van der Waals surface area (Å²) in [7, 11) is 0. The van der Waals surface area contributed by atoms with E-state index in [0.29, 0.717) is 5.75 Å². The zero-order chi connectivity index (χ0) is 18.8. The number of halogens is 1. The number of aliphatic carboxylic acids is 1. The van der Waals surface area contributed by atoms with Crippen LogP contribution in [0.15, 0.2) is 48.5 Å². The Morgan fingerprint density at radius 1 is 0.962 bits per heavy atom. The summed E-state index contributed by atoms with van der Waals surface area (Å²) < 4.78 is 5.64. The van der Waals surface area contributed by atoms with Crippen LogP contribution >= 0.6 is 11.6 Å². The fourth-order valence-electron chi connectivity index (χ4n) is 3.85. The lowest BCUT2D eigenvalue weighted by molar-refractivity contribution is -0.152. The Hall–Kier alpha value is -2.00. The highest BCUT2D eigenvalue weighted by molar-refractivity contribution is 6.30. The van der Waals surface area contributed by atoms with Crippen LogP contribution in [0.2, 0.25) is 5.02 Å². The maximum Gasteiger partial charge on any atom is 0.347 e. The first kappa shape index (κ1) is 18.8. The summed E-state index contributed by atoms with van der Waals surface area (Å²) in [6, 6.07) is 16.1. The first-order chi connectivity index (χ1) is 12.3. The van der Waals surface area contributed by atoms with Crippen molar-refractivity contribution in [1.29, 1.82) is 0 Å². The summed E-state index contributed by atoms with van der Waals surface area (Å²) in [6.07, 6.45) is 5.88. The van der Waals surface area contributed by atoms with E-state index >= 15 is 0 Å². The van der Waals surface area contributed by atoms with E-state index in [1.54, 1.807) is 13.8 Å². The molecule has 0 unspecified atom stereocenters. The average molecular weight is 373 g/mol. The molecule has 0 bridgehead atoms. The molecule has 2 aromatic carbocycles. The first-order valence-electron chi connectivity index (χ1n) is 9.12. The van der Waals surface area contributed by atoms with Gasteiger partial charge in [0.15, 0.2) is 5.60 Å². The Balaban J connectivity index is 1.93. The van der Waals surface area contributed by atoms with Crippen LogP contribution in [0.5, 0.6) is 5.75 Å². The molecule has 3 rings (SSSR count). The fourth-order valence-corrected chi connectivity index (χ4v) is 3.97. The standard InChI is InChI=1S/C22H25ClO3/c1-21(2,20(24)25)26-19-12-8-17(9-13-19)22(14-4-3-5-15-22)16-6-10-18(23)11-7-16/h6-13H,3-5,14-15H2,1-2H3,(H,24,25). The van der Waals surface area contributed by atoms with E-state index in [0.717, 1.165) is 17.9 Å². The average Bonchev–Trinajstić information content (AvgIpc) is 2.63. The number of carboxylic acid groups (broad SMARTS) is 1. The van der Waals surface area contributed by atoms with Crippen molar-refractivity contribution in [1.82, 2.24) is 0 Å². The van der Waals surface area contributed by atoms with Gasteiger partial charge in [0.2, 0.25) is 0 Å². The van der Waals surface area contributed by atoms with Crippen LogP contribution in [-0.2, 0) is 10.2 Å². The predicted molar refractivity (Wildman–Crippen MR) is 104 cm³/mol. The van der Waals surface area contributed by atoms with Crippen molar-refractivity contribution in [2.24, 2.45) is 0 Å². The van der Waals surface area contributed by atoms with E-state index in [1.165, 1.54) is 30.4 Å². The summed E-state index contributed by atoms with van der Waals surface area (Å²) in [6.45, 7) is 3.11. The first-order valence-corrected chi connectivity index (χ1v) is 9.50. The molecular formula is C22H25ClO3. The molecule has 0 saturated heterocycles. The van der Waals surface area contributed by atoms with Gasteiger partial charge in [-0.2, -0.15) is 0 Å². The Bertz CT molecular complexity index is 757. The Morgan fingerprint density at radius 2 is 1.46 bits per heavy atom. The van der Waals surface area contributed by atoms with Gasteiger partial charge in [0, 0.05) is 10.4 Å². The van der Waals surface area contributed by atoms with Crippen LogP contribution in [0.4, 0.5) is 0 Å². The smallest absolute Gasteiger partial charge is 0.347 e. The normalized spacial score (nSPS) is 16.9. The quantitative estimate of drug-likeness (QED) is 0.717. The van der Waals surface area contributed by atoms with E-state index in [2.05, 4.69) is 24.3 Å². The molecule has 0 atom stereocenters. The SMILES string of the molecule is CC(C)(Oc1ccc(C2(c3ccc(Cl)cc3)CCCCC2)cc1)C(=O)O.